The van der Waals surface area contributed by atoms with Crippen LogP contribution in [0.1, 0.15) is 29.4 Å². The molecule has 4 nitrogen and oxygen atoms in total. The topological polar surface area (TPSA) is 57.8 Å². The molecule has 29 heavy (non-hydrogen) atoms. The Morgan fingerprint density at radius 2 is 1.93 bits per heavy atom. The zero-order chi connectivity index (χ0) is 21.0. The van der Waals surface area contributed by atoms with Crippen molar-refractivity contribution in [3.63, 3.8) is 0 Å². The van der Waals surface area contributed by atoms with Crippen LogP contribution in [0.4, 0.5) is 10.1 Å². The number of aryl methyl sites for hydroxylation is 2. The highest BCUT2D eigenvalue weighted by Gasteiger charge is 2.15. The Labute approximate surface area is 169 Å². The van der Waals surface area contributed by atoms with Gasteiger partial charge in [0.25, 0.3) is 5.91 Å². The fourth-order valence-electron chi connectivity index (χ4n) is 3.39. The highest BCUT2D eigenvalue weighted by atomic mass is 19.1. The van der Waals surface area contributed by atoms with Gasteiger partial charge in [-0.15, -0.1) is 0 Å². The molecule has 1 aromatic heterocycles. The fraction of sp³-hybridized carbons (Fsp3) is 0.167. The molecule has 0 spiro atoms. The lowest BCUT2D eigenvalue weighted by Gasteiger charge is -2.10. The lowest BCUT2D eigenvalue weighted by Crippen LogP contribution is -2.14. The fourth-order valence-corrected chi connectivity index (χ4v) is 3.39. The van der Waals surface area contributed by atoms with Crippen molar-refractivity contribution in [1.82, 2.24) is 4.57 Å². The molecule has 3 aromatic rings. The number of carbonyl (C=O) groups excluding carboxylic acids is 1. The number of carbonyl (C=O) groups is 1. The summed E-state index contributed by atoms with van der Waals surface area (Å²) in [6, 6.07) is 17.7. The number of para-hydroxylation sites is 1. The zero-order valence-corrected chi connectivity index (χ0v) is 16.7. The molecule has 0 saturated heterocycles. The Morgan fingerprint density at radius 1 is 1.17 bits per heavy atom. The molecule has 146 valence electrons. The molecule has 3 rings (SSSR count). The molecule has 1 N–H and O–H groups in total. The molecule has 0 aliphatic heterocycles. The lowest BCUT2D eigenvalue weighted by molar-refractivity contribution is -0.112. The molecule has 0 fully saturated rings. The number of nitrogens with one attached hydrogen (secondary N) is 1. The smallest absolute Gasteiger partial charge is 0.266 e. The number of rotatable bonds is 5. The van der Waals surface area contributed by atoms with Gasteiger partial charge in [-0.05, 0) is 67.8 Å². The zero-order valence-electron chi connectivity index (χ0n) is 16.7. The summed E-state index contributed by atoms with van der Waals surface area (Å²) in [5.74, 6) is -0.775. The average Bonchev–Trinajstić information content (AvgIpc) is 2.99. The summed E-state index contributed by atoms with van der Waals surface area (Å²) in [5.41, 5.74) is 4.85. The minimum atomic E-state index is -0.455. The summed E-state index contributed by atoms with van der Waals surface area (Å²) >= 11 is 0. The second kappa shape index (κ2) is 8.57. The van der Waals surface area contributed by atoms with E-state index in [1.165, 1.54) is 12.1 Å². The summed E-state index contributed by atoms with van der Waals surface area (Å²) < 4.78 is 15.5. The summed E-state index contributed by atoms with van der Waals surface area (Å²) in [7, 11) is 0. The highest BCUT2D eigenvalue weighted by molar-refractivity contribution is 6.10. The number of benzene rings is 2. The maximum Gasteiger partial charge on any atom is 0.266 e. The van der Waals surface area contributed by atoms with Gasteiger partial charge >= 0.3 is 0 Å². The van der Waals surface area contributed by atoms with E-state index in [0.29, 0.717) is 11.4 Å². The molecule has 0 unspecified atom stereocenters. The third-order valence-corrected chi connectivity index (χ3v) is 4.85. The van der Waals surface area contributed by atoms with Crippen molar-refractivity contribution in [2.24, 2.45) is 0 Å². The quantitative estimate of drug-likeness (QED) is 0.474. The standard InChI is InChI=1S/C24H22FN3O/c1-4-18-8-5-6-11-23(18)27-24(29)20(15-26)13-19-12-16(2)28(17(19)3)22-10-7-9-21(25)14-22/h5-14H,4H2,1-3H3,(H,27,29)/b20-13+. The van der Waals surface area contributed by atoms with Gasteiger partial charge in [-0.25, -0.2) is 4.39 Å². The highest BCUT2D eigenvalue weighted by Crippen LogP contribution is 2.24. The van der Waals surface area contributed by atoms with E-state index in [1.54, 1.807) is 12.1 Å². The minimum Gasteiger partial charge on any atom is -0.321 e. The lowest BCUT2D eigenvalue weighted by atomic mass is 10.1. The van der Waals surface area contributed by atoms with Crippen LogP contribution < -0.4 is 5.32 Å². The van der Waals surface area contributed by atoms with Crippen LogP contribution in [0, 0.1) is 31.0 Å². The molecule has 0 saturated carbocycles. The number of amides is 1. The number of anilines is 1. The SMILES string of the molecule is CCc1ccccc1NC(=O)/C(C#N)=C/c1cc(C)n(-c2cccc(F)c2)c1C. The Bertz CT molecular complexity index is 1140. The summed E-state index contributed by atoms with van der Waals surface area (Å²) in [6.45, 7) is 5.79. The van der Waals surface area contributed by atoms with Crippen LogP contribution in [-0.2, 0) is 11.2 Å². The molecule has 5 heteroatoms. The first-order valence-electron chi connectivity index (χ1n) is 9.40. The van der Waals surface area contributed by atoms with Crippen LogP contribution in [0.25, 0.3) is 11.8 Å². The van der Waals surface area contributed by atoms with Crippen molar-refractivity contribution >= 4 is 17.7 Å². The largest absolute Gasteiger partial charge is 0.321 e. The second-order valence-corrected chi connectivity index (χ2v) is 6.78. The Morgan fingerprint density at radius 3 is 2.62 bits per heavy atom. The first-order valence-corrected chi connectivity index (χ1v) is 9.40. The molecular weight excluding hydrogens is 365 g/mol. The summed E-state index contributed by atoms with van der Waals surface area (Å²) in [5, 5.41) is 12.4. The van der Waals surface area contributed by atoms with E-state index in [0.717, 1.165) is 28.9 Å². The maximum absolute atomic E-state index is 13.6. The van der Waals surface area contributed by atoms with Gasteiger partial charge in [-0.1, -0.05) is 31.2 Å². The van der Waals surface area contributed by atoms with Gasteiger partial charge in [0.15, 0.2) is 0 Å². The van der Waals surface area contributed by atoms with Crippen LogP contribution in [0.15, 0.2) is 60.2 Å². The predicted octanol–water partition coefficient (Wildman–Crippen LogP) is 5.34. The van der Waals surface area contributed by atoms with E-state index in [-0.39, 0.29) is 11.4 Å². The average molecular weight is 387 g/mol. The van der Waals surface area contributed by atoms with Crippen molar-refractivity contribution in [3.8, 4) is 11.8 Å². The van der Waals surface area contributed by atoms with E-state index in [1.807, 2.05) is 67.8 Å². The van der Waals surface area contributed by atoms with Crippen molar-refractivity contribution in [3.05, 3.63) is 88.5 Å². The molecular formula is C24H22FN3O. The summed E-state index contributed by atoms with van der Waals surface area (Å²) in [4.78, 5) is 12.7. The number of hydrogen-bond donors (Lipinski definition) is 1. The Hall–Kier alpha value is -3.65. The van der Waals surface area contributed by atoms with Gasteiger partial charge in [-0.2, -0.15) is 5.26 Å². The Kier molecular flexibility index (Phi) is 5.94. The monoisotopic (exact) mass is 387 g/mol. The molecule has 0 aliphatic carbocycles. The third kappa shape index (κ3) is 4.27. The maximum atomic E-state index is 13.6. The van der Waals surface area contributed by atoms with Gasteiger partial charge in [0.1, 0.15) is 17.5 Å². The van der Waals surface area contributed by atoms with Crippen molar-refractivity contribution in [2.45, 2.75) is 27.2 Å². The third-order valence-electron chi connectivity index (χ3n) is 4.85. The van der Waals surface area contributed by atoms with E-state index in [9.17, 15) is 14.4 Å². The van der Waals surface area contributed by atoms with Gasteiger partial charge in [0, 0.05) is 22.8 Å². The number of halogens is 1. The van der Waals surface area contributed by atoms with Crippen LogP contribution in [0.5, 0.6) is 0 Å². The first-order chi connectivity index (χ1) is 13.9. The van der Waals surface area contributed by atoms with Gasteiger partial charge in [0.2, 0.25) is 0 Å². The van der Waals surface area contributed by atoms with E-state index >= 15 is 0 Å². The van der Waals surface area contributed by atoms with Gasteiger partial charge in [0.05, 0.1) is 0 Å². The van der Waals surface area contributed by atoms with Crippen molar-refractivity contribution in [1.29, 1.82) is 5.26 Å². The van der Waals surface area contributed by atoms with Crippen LogP contribution in [-0.4, -0.2) is 10.5 Å². The molecule has 0 bridgehead atoms. The van der Waals surface area contributed by atoms with Gasteiger partial charge < -0.3 is 9.88 Å². The number of aromatic nitrogens is 1. The number of nitriles is 1. The van der Waals surface area contributed by atoms with Crippen LogP contribution >= 0.6 is 0 Å². The Balaban J connectivity index is 1.95. The predicted molar refractivity (Wildman–Crippen MR) is 113 cm³/mol. The van der Waals surface area contributed by atoms with Crippen LogP contribution in [0.3, 0.4) is 0 Å². The molecule has 0 radical (unpaired) electrons. The van der Waals surface area contributed by atoms with E-state index in [4.69, 9.17) is 0 Å². The van der Waals surface area contributed by atoms with E-state index < -0.39 is 5.91 Å². The number of nitrogens with zero attached hydrogens (tertiary/aromatic N) is 2. The molecule has 1 heterocycles. The first kappa shape index (κ1) is 20.1. The second-order valence-electron chi connectivity index (χ2n) is 6.78. The van der Waals surface area contributed by atoms with Crippen molar-refractivity contribution in [2.75, 3.05) is 5.32 Å². The normalized spacial score (nSPS) is 11.2. The molecule has 0 aliphatic rings. The van der Waals surface area contributed by atoms with Crippen molar-refractivity contribution < 1.29 is 9.18 Å². The molecule has 0 atom stereocenters. The minimum absolute atomic E-state index is 0.00963. The summed E-state index contributed by atoms with van der Waals surface area (Å²) in [6.07, 6.45) is 2.35. The molecule has 2 aromatic carbocycles. The van der Waals surface area contributed by atoms with Crippen LogP contribution in [0.2, 0.25) is 0 Å². The number of hydrogen-bond acceptors (Lipinski definition) is 2. The van der Waals surface area contributed by atoms with Gasteiger partial charge in [-0.3, -0.25) is 4.79 Å². The van der Waals surface area contributed by atoms with E-state index in [2.05, 4.69) is 5.32 Å². The molecule has 1 amide bonds.